The van der Waals surface area contributed by atoms with E-state index in [1.54, 1.807) is 0 Å². The molecular formula is C19H20ClN. The lowest BCUT2D eigenvalue weighted by atomic mass is 9.93. The molecule has 2 heteroatoms. The number of hydrogen-bond acceptors (Lipinski definition) is 1. The van der Waals surface area contributed by atoms with Gasteiger partial charge in [-0.15, -0.1) is 12.4 Å². The van der Waals surface area contributed by atoms with Gasteiger partial charge in [-0.2, -0.15) is 0 Å². The van der Waals surface area contributed by atoms with Crippen LogP contribution in [-0.4, -0.2) is 13.5 Å². The molecule has 0 aromatic heterocycles. The lowest BCUT2D eigenvalue weighted by molar-refractivity contribution is 0.808. The van der Waals surface area contributed by atoms with Crippen LogP contribution in [0, 0.1) is 0 Å². The number of nitrogens with one attached hydrogen (secondary N) is 1. The number of benzene rings is 2. The summed E-state index contributed by atoms with van der Waals surface area (Å²) in [6.07, 6.45) is 7.06. The normalized spacial score (nSPS) is 14.7. The van der Waals surface area contributed by atoms with E-state index < -0.39 is 6.98 Å². The first-order valence-electron chi connectivity index (χ1n) is 8.37. The fourth-order valence-electron chi connectivity index (χ4n) is 2.61. The average Bonchev–Trinajstić information content (AvgIpc) is 2.68. The second-order valence-corrected chi connectivity index (χ2v) is 4.84. The van der Waals surface area contributed by atoms with E-state index in [2.05, 4.69) is 47.8 Å². The van der Waals surface area contributed by atoms with Gasteiger partial charge >= 0.3 is 0 Å². The molecule has 1 nitrogen and oxygen atoms in total. The average molecular weight is 302 g/mol. The Bertz CT molecular complexity index is 712. The summed E-state index contributed by atoms with van der Waals surface area (Å²) < 4.78 is 21.6. The first-order valence-corrected chi connectivity index (χ1v) is 6.87. The molecular weight excluding hydrogens is 279 g/mol. The number of rotatable bonds is 3. The van der Waals surface area contributed by atoms with Gasteiger partial charge in [0.2, 0.25) is 0 Å². The molecule has 21 heavy (non-hydrogen) atoms. The summed E-state index contributed by atoms with van der Waals surface area (Å²) in [6.45, 7) is -1.66. The minimum Gasteiger partial charge on any atom is -0.319 e. The summed E-state index contributed by atoms with van der Waals surface area (Å²) in [6, 6.07) is 16.6. The van der Waals surface area contributed by atoms with Crippen molar-refractivity contribution in [3.63, 3.8) is 0 Å². The quantitative estimate of drug-likeness (QED) is 0.549. The Balaban J connectivity index is 0.00000208. The topological polar surface area (TPSA) is 12.0 Å². The van der Waals surface area contributed by atoms with E-state index in [1.807, 2.05) is 24.3 Å². The van der Waals surface area contributed by atoms with Crippen LogP contribution in [0.5, 0.6) is 0 Å². The minimum absolute atomic E-state index is 0. The van der Waals surface area contributed by atoms with Crippen LogP contribution in [0.1, 0.15) is 32.8 Å². The van der Waals surface area contributed by atoms with E-state index in [4.69, 9.17) is 4.11 Å². The third-order valence-electron chi connectivity index (χ3n) is 3.56. The SMILES string of the molecule is Cl.[2H][13C]([2H])([2H])NCCC=C1c2ccccc2C=Cc2ccccc21. The molecule has 0 fully saturated rings. The molecule has 0 radical (unpaired) electrons. The van der Waals surface area contributed by atoms with Crippen molar-refractivity contribution >= 4 is 30.1 Å². The van der Waals surface area contributed by atoms with Gasteiger partial charge in [0.05, 0.1) is 0 Å². The van der Waals surface area contributed by atoms with Gasteiger partial charge in [-0.3, -0.25) is 0 Å². The van der Waals surface area contributed by atoms with Crippen molar-refractivity contribution in [1.29, 1.82) is 0 Å². The third-order valence-corrected chi connectivity index (χ3v) is 3.56. The minimum atomic E-state index is -2.08. The molecule has 0 heterocycles. The summed E-state index contributed by atoms with van der Waals surface area (Å²) in [7, 11) is 0. The maximum atomic E-state index is 7.22. The zero-order chi connectivity index (χ0) is 16.3. The Morgan fingerprint density at radius 1 is 0.952 bits per heavy atom. The van der Waals surface area contributed by atoms with Crippen LogP contribution in [0.4, 0.5) is 0 Å². The monoisotopic (exact) mass is 301 g/mol. The second-order valence-electron chi connectivity index (χ2n) is 4.84. The smallest absolute Gasteiger partial charge is 0.0391 e. The van der Waals surface area contributed by atoms with Gasteiger partial charge < -0.3 is 5.32 Å². The van der Waals surface area contributed by atoms with Crippen molar-refractivity contribution in [3.8, 4) is 0 Å². The van der Waals surface area contributed by atoms with Crippen molar-refractivity contribution in [2.24, 2.45) is 0 Å². The van der Waals surface area contributed by atoms with Crippen LogP contribution in [-0.2, 0) is 0 Å². The summed E-state index contributed by atoms with van der Waals surface area (Å²) >= 11 is 0. The summed E-state index contributed by atoms with van der Waals surface area (Å²) in [5.74, 6) is 0. The molecule has 2 aromatic rings. The van der Waals surface area contributed by atoms with Gasteiger partial charge in [-0.1, -0.05) is 66.8 Å². The Labute approximate surface area is 137 Å². The fourth-order valence-corrected chi connectivity index (χ4v) is 2.61. The molecule has 0 saturated carbocycles. The maximum Gasteiger partial charge on any atom is 0.0391 e. The van der Waals surface area contributed by atoms with Crippen molar-refractivity contribution in [3.05, 3.63) is 76.9 Å². The molecule has 0 bridgehead atoms. The van der Waals surface area contributed by atoms with Crippen LogP contribution < -0.4 is 5.32 Å². The molecule has 0 saturated heterocycles. The molecule has 2 aromatic carbocycles. The van der Waals surface area contributed by atoms with Gasteiger partial charge in [-0.05, 0) is 47.8 Å². The molecule has 0 unspecified atom stereocenters. The van der Waals surface area contributed by atoms with Crippen LogP contribution in [0.2, 0.25) is 0 Å². The Morgan fingerprint density at radius 2 is 1.52 bits per heavy atom. The van der Waals surface area contributed by atoms with Crippen LogP contribution in [0.15, 0.2) is 54.6 Å². The van der Waals surface area contributed by atoms with Gasteiger partial charge in [0.1, 0.15) is 0 Å². The Morgan fingerprint density at radius 3 is 2.10 bits per heavy atom. The largest absolute Gasteiger partial charge is 0.319 e. The van der Waals surface area contributed by atoms with E-state index in [9.17, 15) is 0 Å². The third kappa shape index (κ3) is 3.26. The molecule has 0 amide bonds. The predicted octanol–water partition coefficient (Wildman–Crippen LogP) is 4.63. The molecule has 0 aliphatic heterocycles. The maximum absolute atomic E-state index is 7.22. The standard InChI is InChI=1S/C19H19N.ClH/c1-20-14-6-11-19-17-9-4-2-7-15(17)12-13-16-8-3-5-10-18(16)19;/h2-5,7-13,20H,6,14H2,1H3;1H/i1+1D3;. The van der Waals surface area contributed by atoms with Gasteiger partial charge in [-0.25, -0.2) is 0 Å². The van der Waals surface area contributed by atoms with Crippen molar-refractivity contribution in [1.82, 2.24) is 5.32 Å². The van der Waals surface area contributed by atoms with E-state index in [1.165, 1.54) is 22.3 Å². The number of hydrogen-bond donors (Lipinski definition) is 1. The van der Waals surface area contributed by atoms with E-state index in [0.717, 1.165) is 5.57 Å². The molecule has 1 aliphatic rings. The summed E-state index contributed by atoms with van der Waals surface area (Å²) in [5.41, 5.74) is 5.89. The second kappa shape index (κ2) is 7.26. The Hall–Kier alpha value is -1.83. The highest BCUT2D eigenvalue weighted by molar-refractivity contribution is 5.93. The zero-order valence-electron chi connectivity index (χ0n) is 14.7. The lowest BCUT2D eigenvalue weighted by Gasteiger charge is -2.12. The van der Waals surface area contributed by atoms with Gasteiger partial charge in [0.25, 0.3) is 0 Å². The first kappa shape index (κ1) is 11.8. The fraction of sp³-hybridized carbons (Fsp3) is 0.158. The lowest BCUT2D eigenvalue weighted by Crippen LogP contribution is -2.06. The first-order chi connectivity index (χ1) is 11.0. The van der Waals surface area contributed by atoms with Crippen LogP contribution in [0.3, 0.4) is 0 Å². The predicted molar refractivity (Wildman–Crippen MR) is 94.7 cm³/mol. The van der Waals surface area contributed by atoms with Crippen molar-refractivity contribution < 1.29 is 4.11 Å². The molecule has 108 valence electrons. The molecule has 0 spiro atoms. The zero-order valence-corrected chi connectivity index (χ0v) is 12.5. The van der Waals surface area contributed by atoms with Crippen LogP contribution >= 0.6 is 12.4 Å². The highest BCUT2D eigenvalue weighted by Gasteiger charge is 2.13. The van der Waals surface area contributed by atoms with Crippen LogP contribution in [0.25, 0.3) is 17.7 Å². The van der Waals surface area contributed by atoms with E-state index in [0.29, 0.717) is 13.0 Å². The Kier molecular flexibility index (Phi) is 4.07. The van der Waals surface area contributed by atoms with E-state index >= 15 is 0 Å². The highest BCUT2D eigenvalue weighted by atomic mass is 35.5. The summed E-state index contributed by atoms with van der Waals surface area (Å²) in [5, 5.41) is 2.56. The molecule has 3 rings (SSSR count). The van der Waals surface area contributed by atoms with Crippen molar-refractivity contribution in [2.75, 3.05) is 13.5 Å². The van der Waals surface area contributed by atoms with Gasteiger partial charge in [0, 0.05) is 4.11 Å². The highest BCUT2D eigenvalue weighted by Crippen LogP contribution is 2.33. The molecule has 1 aliphatic carbocycles. The molecule has 0 atom stereocenters. The molecule has 1 N–H and O–H groups in total. The number of fused-ring (bicyclic) bond motifs is 2. The number of halogens is 1. The summed E-state index contributed by atoms with van der Waals surface area (Å²) in [4.78, 5) is 0. The van der Waals surface area contributed by atoms with E-state index in [-0.39, 0.29) is 12.4 Å². The van der Waals surface area contributed by atoms with Crippen molar-refractivity contribution in [2.45, 2.75) is 6.42 Å². The van der Waals surface area contributed by atoms with Gasteiger partial charge in [0.15, 0.2) is 0 Å².